The van der Waals surface area contributed by atoms with Crippen LogP contribution >= 0.6 is 0 Å². The number of hydrogen-bond acceptors (Lipinski definition) is 2. The standard InChI is InChI=1S/C19H34N2/c1-15(2)14-19(7,18-10-8-9-12-20-18)11-13-21(16(3)4)17(5)6/h8-10,12,15-17H,11,13-14H2,1-7H3. The minimum Gasteiger partial charge on any atom is -0.299 e. The van der Waals surface area contributed by atoms with Gasteiger partial charge in [-0.05, 0) is 65.1 Å². The summed E-state index contributed by atoms with van der Waals surface area (Å²) in [6, 6.07) is 7.50. The van der Waals surface area contributed by atoms with Crippen molar-refractivity contribution in [3.8, 4) is 0 Å². The maximum atomic E-state index is 4.65. The molecule has 0 bridgehead atoms. The Hall–Kier alpha value is -0.890. The lowest BCUT2D eigenvalue weighted by Crippen LogP contribution is -2.40. The van der Waals surface area contributed by atoms with Gasteiger partial charge in [-0.1, -0.05) is 26.8 Å². The number of hydrogen-bond donors (Lipinski definition) is 0. The van der Waals surface area contributed by atoms with E-state index in [0.29, 0.717) is 18.0 Å². The lowest BCUT2D eigenvalue weighted by atomic mass is 9.76. The van der Waals surface area contributed by atoms with Gasteiger partial charge in [0.05, 0.1) is 0 Å². The van der Waals surface area contributed by atoms with E-state index in [4.69, 9.17) is 0 Å². The summed E-state index contributed by atoms with van der Waals surface area (Å²) in [5.41, 5.74) is 1.41. The van der Waals surface area contributed by atoms with Crippen molar-refractivity contribution in [2.75, 3.05) is 6.54 Å². The molecule has 0 aliphatic rings. The smallest absolute Gasteiger partial charge is 0.0463 e. The van der Waals surface area contributed by atoms with Crippen LogP contribution in [0.25, 0.3) is 0 Å². The fraction of sp³-hybridized carbons (Fsp3) is 0.737. The largest absolute Gasteiger partial charge is 0.299 e. The molecule has 1 atom stereocenters. The van der Waals surface area contributed by atoms with Crippen LogP contribution in [-0.4, -0.2) is 28.5 Å². The molecular weight excluding hydrogens is 256 g/mol. The molecule has 1 heterocycles. The second-order valence-corrected chi connectivity index (χ2v) is 7.55. The van der Waals surface area contributed by atoms with Gasteiger partial charge in [0.15, 0.2) is 0 Å². The maximum absolute atomic E-state index is 4.65. The van der Waals surface area contributed by atoms with E-state index < -0.39 is 0 Å². The molecule has 2 nitrogen and oxygen atoms in total. The molecule has 0 aliphatic heterocycles. The molecule has 2 heteroatoms. The van der Waals surface area contributed by atoms with Gasteiger partial charge in [-0.2, -0.15) is 0 Å². The van der Waals surface area contributed by atoms with Crippen molar-refractivity contribution in [1.29, 1.82) is 0 Å². The van der Waals surface area contributed by atoms with Crippen LogP contribution in [0.5, 0.6) is 0 Å². The van der Waals surface area contributed by atoms with Crippen LogP contribution in [0, 0.1) is 5.92 Å². The Morgan fingerprint density at radius 1 is 1.05 bits per heavy atom. The number of rotatable bonds is 8. The first kappa shape index (κ1) is 18.2. The Labute approximate surface area is 132 Å². The lowest BCUT2D eigenvalue weighted by molar-refractivity contribution is 0.152. The Morgan fingerprint density at radius 2 is 1.67 bits per heavy atom. The lowest BCUT2D eigenvalue weighted by Gasteiger charge is -2.36. The van der Waals surface area contributed by atoms with Crippen LogP contribution in [0.3, 0.4) is 0 Å². The summed E-state index contributed by atoms with van der Waals surface area (Å²) in [5, 5.41) is 0. The summed E-state index contributed by atoms with van der Waals surface area (Å²) in [7, 11) is 0. The van der Waals surface area contributed by atoms with E-state index in [0.717, 1.165) is 6.54 Å². The molecule has 1 aromatic rings. The average Bonchev–Trinajstić information content (AvgIpc) is 2.38. The van der Waals surface area contributed by atoms with Gasteiger partial charge >= 0.3 is 0 Å². The van der Waals surface area contributed by atoms with E-state index in [-0.39, 0.29) is 5.41 Å². The molecule has 0 aliphatic carbocycles. The Balaban J connectivity index is 2.89. The molecule has 0 saturated carbocycles. The minimum absolute atomic E-state index is 0.164. The maximum Gasteiger partial charge on any atom is 0.0463 e. The number of pyridine rings is 1. The highest BCUT2D eigenvalue weighted by Gasteiger charge is 2.30. The molecule has 0 radical (unpaired) electrons. The number of nitrogens with zero attached hydrogens (tertiary/aromatic N) is 2. The van der Waals surface area contributed by atoms with Crippen molar-refractivity contribution in [2.24, 2.45) is 5.92 Å². The van der Waals surface area contributed by atoms with Gasteiger partial charge in [0.25, 0.3) is 0 Å². The van der Waals surface area contributed by atoms with Gasteiger partial charge in [-0.25, -0.2) is 0 Å². The molecule has 21 heavy (non-hydrogen) atoms. The number of aromatic nitrogens is 1. The van der Waals surface area contributed by atoms with Gasteiger partial charge in [0, 0.05) is 29.4 Å². The van der Waals surface area contributed by atoms with E-state index in [1.54, 1.807) is 0 Å². The summed E-state index contributed by atoms with van der Waals surface area (Å²) >= 11 is 0. The fourth-order valence-corrected chi connectivity index (χ4v) is 3.44. The van der Waals surface area contributed by atoms with E-state index >= 15 is 0 Å². The van der Waals surface area contributed by atoms with E-state index in [1.165, 1.54) is 18.5 Å². The molecule has 120 valence electrons. The first-order valence-electron chi connectivity index (χ1n) is 8.43. The molecule has 1 unspecified atom stereocenters. The highest BCUT2D eigenvalue weighted by atomic mass is 15.2. The SMILES string of the molecule is CC(C)CC(C)(CCN(C(C)C)C(C)C)c1ccccn1. The Morgan fingerprint density at radius 3 is 2.10 bits per heavy atom. The van der Waals surface area contributed by atoms with Gasteiger partial charge in [0.2, 0.25) is 0 Å². The first-order chi connectivity index (χ1) is 9.76. The van der Waals surface area contributed by atoms with Crippen LogP contribution < -0.4 is 0 Å². The predicted molar refractivity (Wildman–Crippen MR) is 92.6 cm³/mol. The van der Waals surface area contributed by atoms with Crippen molar-refractivity contribution < 1.29 is 0 Å². The molecule has 0 amide bonds. The van der Waals surface area contributed by atoms with Gasteiger partial charge in [0.1, 0.15) is 0 Å². The minimum atomic E-state index is 0.164. The topological polar surface area (TPSA) is 16.1 Å². The Bertz CT molecular complexity index is 389. The molecule has 0 spiro atoms. The average molecular weight is 290 g/mol. The molecule has 0 N–H and O–H groups in total. The van der Waals surface area contributed by atoms with E-state index in [1.807, 2.05) is 12.3 Å². The quantitative estimate of drug-likeness (QED) is 0.677. The van der Waals surface area contributed by atoms with E-state index in [9.17, 15) is 0 Å². The third-order valence-electron chi connectivity index (χ3n) is 4.39. The monoisotopic (exact) mass is 290 g/mol. The van der Waals surface area contributed by atoms with Crippen LogP contribution in [0.2, 0.25) is 0 Å². The molecule has 1 rings (SSSR count). The Kier molecular flexibility index (Phi) is 6.86. The second kappa shape index (κ2) is 7.93. The molecule has 0 aromatic carbocycles. The highest BCUT2D eigenvalue weighted by Crippen LogP contribution is 2.33. The normalized spacial score (nSPS) is 15.2. The van der Waals surface area contributed by atoms with E-state index in [2.05, 4.69) is 70.5 Å². The zero-order chi connectivity index (χ0) is 16.0. The zero-order valence-corrected chi connectivity index (χ0v) is 15.1. The van der Waals surface area contributed by atoms with Crippen molar-refractivity contribution in [3.05, 3.63) is 30.1 Å². The van der Waals surface area contributed by atoms with Crippen molar-refractivity contribution in [3.63, 3.8) is 0 Å². The van der Waals surface area contributed by atoms with Gasteiger partial charge in [-0.15, -0.1) is 0 Å². The molecule has 0 saturated heterocycles. The highest BCUT2D eigenvalue weighted by molar-refractivity contribution is 5.16. The first-order valence-corrected chi connectivity index (χ1v) is 8.43. The van der Waals surface area contributed by atoms with Crippen LogP contribution in [-0.2, 0) is 5.41 Å². The summed E-state index contributed by atoms with van der Waals surface area (Å²) in [6.45, 7) is 17.3. The molecule has 1 aromatic heterocycles. The second-order valence-electron chi connectivity index (χ2n) is 7.55. The van der Waals surface area contributed by atoms with Crippen molar-refractivity contribution in [2.45, 2.75) is 78.8 Å². The van der Waals surface area contributed by atoms with Crippen LogP contribution in [0.1, 0.15) is 67.0 Å². The molecule has 0 fully saturated rings. The summed E-state index contributed by atoms with van der Waals surface area (Å²) in [5.74, 6) is 0.684. The van der Waals surface area contributed by atoms with Crippen molar-refractivity contribution in [1.82, 2.24) is 9.88 Å². The third-order valence-corrected chi connectivity index (χ3v) is 4.39. The van der Waals surface area contributed by atoms with Gasteiger partial charge in [-0.3, -0.25) is 9.88 Å². The fourth-order valence-electron chi connectivity index (χ4n) is 3.44. The summed E-state index contributed by atoms with van der Waals surface area (Å²) < 4.78 is 0. The third kappa shape index (κ3) is 5.43. The molecular formula is C19H34N2. The predicted octanol–water partition coefficient (Wildman–Crippen LogP) is 4.89. The van der Waals surface area contributed by atoms with Crippen LogP contribution in [0.15, 0.2) is 24.4 Å². The zero-order valence-electron chi connectivity index (χ0n) is 15.1. The van der Waals surface area contributed by atoms with Gasteiger partial charge < -0.3 is 0 Å². The van der Waals surface area contributed by atoms with Crippen molar-refractivity contribution >= 4 is 0 Å². The summed E-state index contributed by atoms with van der Waals surface area (Å²) in [4.78, 5) is 7.24. The van der Waals surface area contributed by atoms with Crippen LogP contribution in [0.4, 0.5) is 0 Å². The summed E-state index contributed by atoms with van der Waals surface area (Å²) in [6.07, 6.45) is 4.28.